The zero-order valence-corrected chi connectivity index (χ0v) is 29.5. The van der Waals surface area contributed by atoms with Crippen LogP contribution in [0.15, 0.2) is 41.3 Å². The minimum absolute atomic E-state index is 0.0291. The average molecular weight is 738 g/mol. The van der Waals surface area contributed by atoms with Gasteiger partial charge in [-0.3, -0.25) is 14.4 Å². The van der Waals surface area contributed by atoms with Crippen molar-refractivity contribution in [2.24, 2.45) is 17.8 Å². The van der Waals surface area contributed by atoms with Gasteiger partial charge in [0, 0.05) is 49.8 Å². The van der Waals surface area contributed by atoms with Crippen LogP contribution < -0.4 is 10.9 Å². The molecule has 7 nitrogen and oxygen atoms in total. The van der Waals surface area contributed by atoms with Crippen LogP contribution in [-0.4, -0.2) is 52.0 Å². The van der Waals surface area contributed by atoms with Gasteiger partial charge in [-0.25, -0.2) is 17.6 Å². The summed E-state index contributed by atoms with van der Waals surface area (Å²) in [6.45, 7) is 9.02. The van der Waals surface area contributed by atoms with Crippen molar-refractivity contribution in [2.45, 2.75) is 84.5 Å². The molecular weight excluding hydrogens is 695 g/mol. The van der Waals surface area contributed by atoms with E-state index < -0.39 is 71.2 Å². The third-order valence-electron chi connectivity index (χ3n) is 9.92. The number of carboxylic acid groups (broad SMARTS) is 1. The quantitative estimate of drug-likeness (QED) is 0.175. The van der Waals surface area contributed by atoms with E-state index in [-0.39, 0.29) is 54.3 Å². The molecule has 2 aliphatic rings. The van der Waals surface area contributed by atoms with Crippen LogP contribution in [-0.2, 0) is 22.2 Å². The number of alkyl halides is 5. The van der Waals surface area contributed by atoms with Gasteiger partial charge in [0.15, 0.2) is 0 Å². The molecule has 282 valence electrons. The van der Waals surface area contributed by atoms with Crippen LogP contribution in [0.3, 0.4) is 0 Å². The van der Waals surface area contributed by atoms with Gasteiger partial charge < -0.3 is 19.9 Å². The molecule has 1 aliphatic carbocycles. The fourth-order valence-corrected chi connectivity index (χ4v) is 7.34. The number of benzene rings is 2. The molecule has 1 aromatic heterocycles. The van der Waals surface area contributed by atoms with Gasteiger partial charge in [-0.05, 0) is 103 Å². The van der Waals surface area contributed by atoms with Crippen molar-refractivity contribution in [1.82, 2.24) is 14.8 Å². The first-order valence-corrected chi connectivity index (χ1v) is 17.2. The van der Waals surface area contributed by atoms with Gasteiger partial charge in [0.2, 0.25) is 5.91 Å². The molecule has 0 bridgehead atoms. The highest BCUT2D eigenvalue weighted by Gasteiger charge is 2.57. The lowest BCUT2D eigenvalue weighted by molar-refractivity contribution is -0.139. The third-order valence-corrected chi connectivity index (χ3v) is 9.92. The number of halogens is 7. The molecule has 1 saturated heterocycles. The van der Waals surface area contributed by atoms with Gasteiger partial charge >= 0.3 is 12.1 Å². The summed E-state index contributed by atoms with van der Waals surface area (Å²) in [5.74, 6) is -7.59. The van der Waals surface area contributed by atoms with E-state index in [0.717, 1.165) is 10.8 Å². The summed E-state index contributed by atoms with van der Waals surface area (Å²) in [5.41, 5.74) is -0.415. The summed E-state index contributed by atoms with van der Waals surface area (Å²) in [4.78, 5) is 41.2. The molecule has 2 aromatic carbocycles. The Morgan fingerprint density at radius 2 is 1.62 bits per heavy atom. The lowest BCUT2D eigenvalue weighted by Gasteiger charge is -2.40. The van der Waals surface area contributed by atoms with Crippen molar-refractivity contribution in [3.8, 4) is 11.1 Å². The zero-order valence-electron chi connectivity index (χ0n) is 29.5. The maximum atomic E-state index is 15.8. The van der Waals surface area contributed by atoms with Gasteiger partial charge in [0.05, 0.1) is 18.0 Å². The Morgan fingerprint density at radius 1 is 1.00 bits per heavy atom. The number of amides is 1. The van der Waals surface area contributed by atoms with Gasteiger partial charge in [0.1, 0.15) is 17.7 Å². The normalized spacial score (nSPS) is 18.6. The molecule has 52 heavy (non-hydrogen) atoms. The maximum Gasteiger partial charge on any atom is 0.416 e. The summed E-state index contributed by atoms with van der Waals surface area (Å²) in [7, 11) is 0. The highest BCUT2D eigenvalue weighted by Crippen LogP contribution is 2.49. The monoisotopic (exact) mass is 737 g/mol. The molecule has 1 amide bonds. The molecule has 14 heteroatoms. The second-order valence-corrected chi connectivity index (χ2v) is 14.8. The first-order valence-electron chi connectivity index (χ1n) is 17.2. The fourth-order valence-electron chi connectivity index (χ4n) is 7.34. The highest BCUT2D eigenvalue weighted by atomic mass is 19.4. The topological polar surface area (TPSA) is 91.6 Å². The number of nitrogens with one attached hydrogen (secondary N) is 1. The molecular formula is C38H42F7N3O4. The number of hydrogen-bond donors (Lipinski definition) is 2. The second kappa shape index (κ2) is 14.7. The van der Waals surface area contributed by atoms with Crippen LogP contribution in [0.2, 0.25) is 0 Å². The average Bonchev–Trinajstić information content (AvgIpc) is 3.60. The first-order chi connectivity index (χ1) is 24.1. The molecule has 1 aliphatic heterocycles. The molecule has 0 radical (unpaired) electrons. The Kier molecular flexibility index (Phi) is 11.0. The molecule has 2 heterocycles. The van der Waals surface area contributed by atoms with Crippen molar-refractivity contribution in [1.29, 1.82) is 0 Å². The zero-order chi connectivity index (χ0) is 38.4. The molecule has 2 N–H and O–H groups in total. The Balaban J connectivity index is 1.48. The largest absolute Gasteiger partial charge is 0.481 e. The van der Waals surface area contributed by atoms with Crippen LogP contribution in [0.1, 0.15) is 78.6 Å². The molecule has 0 spiro atoms. The first kappa shape index (κ1) is 39.0. The number of nitrogens with zero attached hydrogens (tertiary/aromatic N) is 2. The Labute approximate surface area is 296 Å². The number of rotatable bonds is 13. The highest BCUT2D eigenvalue weighted by molar-refractivity contribution is 5.82. The van der Waals surface area contributed by atoms with Crippen LogP contribution >= 0.6 is 0 Å². The van der Waals surface area contributed by atoms with E-state index in [9.17, 15) is 45.8 Å². The summed E-state index contributed by atoms with van der Waals surface area (Å²) in [6.07, 6.45) is -5.01. The van der Waals surface area contributed by atoms with E-state index in [1.54, 1.807) is 32.6 Å². The number of pyridine rings is 1. The van der Waals surface area contributed by atoms with Gasteiger partial charge in [-0.2, -0.15) is 13.2 Å². The number of aromatic nitrogens is 1. The summed E-state index contributed by atoms with van der Waals surface area (Å²) < 4.78 is 100. The standard InChI is InChI=1S/C38H42F7N3O4/c1-19(2)6-31(48-17-25(29(12-32(48)49)38(43,44)45)10-23-15-47(16-23)18-26-14-37(26,41)42)36(52)46-30(13-33(50)51)28-11-24(7-22(5)35(28)40)34-20(3)8-27(39)9-21(34)4/h7-9,11-12,17,19,23,26,30-31H,6,10,13-16,18H2,1-5H3,(H,46,52)(H,50,51)/t26?,30-,31+/m0/s1. The lowest BCUT2D eigenvalue weighted by Crippen LogP contribution is -2.49. The van der Waals surface area contributed by atoms with Crippen molar-refractivity contribution in [2.75, 3.05) is 19.6 Å². The van der Waals surface area contributed by atoms with Crippen molar-refractivity contribution < 1.29 is 45.4 Å². The number of hydrogen-bond acceptors (Lipinski definition) is 4. The van der Waals surface area contributed by atoms with E-state index in [0.29, 0.717) is 41.4 Å². The maximum absolute atomic E-state index is 15.8. The molecule has 5 rings (SSSR count). The predicted octanol–water partition coefficient (Wildman–Crippen LogP) is 7.79. The number of likely N-dealkylation sites (tertiary alicyclic amines) is 1. The molecule has 1 saturated carbocycles. The Hall–Kier alpha value is -4.20. The van der Waals surface area contributed by atoms with E-state index in [1.807, 2.05) is 0 Å². The summed E-state index contributed by atoms with van der Waals surface area (Å²) in [5, 5.41) is 12.4. The van der Waals surface area contributed by atoms with E-state index in [4.69, 9.17) is 0 Å². The number of carbonyl (C=O) groups is 2. The van der Waals surface area contributed by atoms with Crippen molar-refractivity contribution >= 4 is 11.9 Å². The van der Waals surface area contributed by atoms with E-state index >= 15 is 4.39 Å². The molecule has 3 atom stereocenters. The fraction of sp³-hybridized carbons (Fsp3) is 0.500. The number of carboxylic acids is 1. The minimum atomic E-state index is -4.89. The minimum Gasteiger partial charge on any atom is -0.481 e. The third kappa shape index (κ3) is 8.70. The van der Waals surface area contributed by atoms with Gasteiger partial charge in [-0.15, -0.1) is 0 Å². The smallest absolute Gasteiger partial charge is 0.416 e. The summed E-state index contributed by atoms with van der Waals surface area (Å²) in [6, 6.07) is 3.11. The number of aryl methyl sites for hydroxylation is 3. The van der Waals surface area contributed by atoms with Gasteiger partial charge in [0.25, 0.3) is 11.5 Å². The lowest BCUT2D eigenvalue weighted by atomic mass is 9.90. The predicted molar refractivity (Wildman–Crippen MR) is 180 cm³/mol. The van der Waals surface area contributed by atoms with Crippen LogP contribution in [0, 0.1) is 50.2 Å². The SMILES string of the molecule is Cc1cc(-c2c(C)cc(F)cc2C)cc([C@H](CC(=O)O)NC(=O)[C@@H](CC(C)C)n2cc(CC3CN(CC4CC4(F)F)C3)c(C(F)(F)F)cc2=O)c1F. The molecule has 3 aromatic rings. The Bertz CT molecular complexity index is 1890. The summed E-state index contributed by atoms with van der Waals surface area (Å²) >= 11 is 0. The molecule has 1 unspecified atom stereocenters. The van der Waals surface area contributed by atoms with Crippen LogP contribution in [0.5, 0.6) is 0 Å². The van der Waals surface area contributed by atoms with E-state index in [1.165, 1.54) is 31.2 Å². The van der Waals surface area contributed by atoms with Gasteiger partial charge in [-0.1, -0.05) is 13.8 Å². The van der Waals surface area contributed by atoms with Crippen molar-refractivity contribution in [3.05, 3.63) is 91.9 Å². The van der Waals surface area contributed by atoms with Crippen molar-refractivity contribution in [3.63, 3.8) is 0 Å². The number of aliphatic carboxylic acids is 1. The van der Waals surface area contributed by atoms with E-state index in [2.05, 4.69) is 5.32 Å². The molecule has 2 fully saturated rings. The number of carbonyl (C=O) groups excluding carboxylic acids is 1. The van der Waals surface area contributed by atoms with Crippen LogP contribution in [0.4, 0.5) is 30.7 Å². The second-order valence-electron chi connectivity index (χ2n) is 14.8. The van der Waals surface area contributed by atoms with Crippen LogP contribution in [0.25, 0.3) is 11.1 Å². The Morgan fingerprint density at radius 3 is 2.15 bits per heavy atom.